The molecule has 0 amide bonds. The zero-order valence-corrected chi connectivity index (χ0v) is 12.1. The van der Waals surface area contributed by atoms with Crippen molar-refractivity contribution in [3.05, 3.63) is 28.8 Å². The molecule has 0 aromatic heterocycles. The first kappa shape index (κ1) is 15.3. The number of rotatable bonds is 7. The Bertz CT molecular complexity index is 371. The summed E-state index contributed by atoms with van der Waals surface area (Å²) < 4.78 is 5.36. The van der Waals surface area contributed by atoms with E-state index < -0.39 is 0 Å². The predicted octanol–water partition coefficient (Wildman–Crippen LogP) is 3.16. The molecule has 1 aromatic carbocycles. The fraction of sp³-hybridized carbons (Fsp3) is 0.571. The Morgan fingerprint density at radius 2 is 2.17 bits per heavy atom. The number of ether oxygens (including phenoxy) is 1. The molecule has 18 heavy (non-hydrogen) atoms. The standard InChI is InChI=1S/C14H23ClN2O/c1-4-5-10(2)13(17-16)9-11-8-12(15)6-7-14(11)18-3/h6-8,10,13,17H,4-5,9,16H2,1-3H3. The first-order chi connectivity index (χ1) is 8.62. The average Bonchev–Trinajstić information content (AvgIpc) is 2.36. The maximum Gasteiger partial charge on any atom is 0.122 e. The summed E-state index contributed by atoms with van der Waals surface area (Å²) in [6.45, 7) is 4.40. The van der Waals surface area contributed by atoms with Crippen molar-refractivity contribution in [1.29, 1.82) is 0 Å². The van der Waals surface area contributed by atoms with Crippen molar-refractivity contribution in [2.45, 2.75) is 39.2 Å². The van der Waals surface area contributed by atoms with Gasteiger partial charge in [-0.25, -0.2) is 0 Å². The minimum atomic E-state index is 0.234. The van der Waals surface area contributed by atoms with Crippen molar-refractivity contribution in [2.24, 2.45) is 11.8 Å². The maximum atomic E-state index is 6.03. The van der Waals surface area contributed by atoms with Gasteiger partial charge in [0.15, 0.2) is 0 Å². The molecule has 2 unspecified atom stereocenters. The molecule has 0 fully saturated rings. The molecule has 3 nitrogen and oxygen atoms in total. The highest BCUT2D eigenvalue weighted by Crippen LogP contribution is 2.25. The highest BCUT2D eigenvalue weighted by atomic mass is 35.5. The van der Waals surface area contributed by atoms with Gasteiger partial charge in [0.2, 0.25) is 0 Å². The number of hydrazine groups is 1. The molecule has 0 heterocycles. The summed E-state index contributed by atoms with van der Waals surface area (Å²) >= 11 is 6.03. The highest BCUT2D eigenvalue weighted by Gasteiger charge is 2.17. The quantitative estimate of drug-likeness (QED) is 0.591. The summed E-state index contributed by atoms with van der Waals surface area (Å²) in [5.41, 5.74) is 4.00. The van der Waals surface area contributed by atoms with E-state index in [1.807, 2.05) is 18.2 Å². The molecule has 0 saturated heterocycles. The number of hydrogen-bond acceptors (Lipinski definition) is 3. The number of nitrogens with one attached hydrogen (secondary N) is 1. The molecule has 4 heteroatoms. The van der Waals surface area contributed by atoms with E-state index in [4.69, 9.17) is 22.2 Å². The van der Waals surface area contributed by atoms with E-state index >= 15 is 0 Å². The third kappa shape index (κ3) is 4.16. The van der Waals surface area contributed by atoms with Crippen molar-refractivity contribution >= 4 is 11.6 Å². The zero-order chi connectivity index (χ0) is 13.5. The predicted molar refractivity (Wildman–Crippen MR) is 76.9 cm³/mol. The lowest BCUT2D eigenvalue weighted by molar-refractivity contribution is 0.349. The topological polar surface area (TPSA) is 47.3 Å². The molecule has 1 rings (SSSR count). The second kappa shape index (κ2) is 7.62. The Morgan fingerprint density at radius 1 is 1.44 bits per heavy atom. The fourth-order valence-corrected chi connectivity index (χ4v) is 2.42. The van der Waals surface area contributed by atoms with Crippen LogP contribution in [-0.2, 0) is 6.42 Å². The fourth-order valence-electron chi connectivity index (χ4n) is 2.22. The molecular formula is C14H23ClN2O. The van der Waals surface area contributed by atoms with Crippen molar-refractivity contribution < 1.29 is 4.74 Å². The van der Waals surface area contributed by atoms with Crippen molar-refractivity contribution in [1.82, 2.24) is 5.43 Å². The molecule has 102 valence electrons. The summed E-state index contributed by atoms with van der Waals surface area (Å²) in [7, 11) is 1.67. The van der Waals surface area contributed by atoms with E-state index in [0.717, 1.165) is 35.6 Å². The van der Waals surface area contributed by atoms with Gasteiger partial charge in [-0.2, -0.15) is 0 Å². The lowest BCUT2D eigenvalue weighted by atomic mass is 9.92. The van der Waals surface area contributed by atoms with E-state index in [1.54, 1.807) is 7.11 Å². The second-order valence-electron chi connectivity index (χ2n) is 4.70. The van der Waals surface area contributed by atoms with Crippen LogP contribution in [0.15, 0.2) is 18.2 Å². The number of methoxy groups -OCH3 is 1. The first-order valence-corrected chi connectivity index (χ1v) is 6.78. The van der Waals surface area contributed by atoms with Gasteiger partial charge in [-0.1, -0.05) is 31.9 Å². The van der Waals surface area contributed by atoms with Gasteiger partial charge in [0.1, 0.15) is 5.75 Å². The van der Waals surface area contributed by atoms with Crippen LogP contribution >= 0.6 is 11.6 Å². The smallest absolute Gasteiger partial charge is 0.122 e. The van der Waals surface area contributed by atoms with E-state index in [1.165, 1.54) is 0 Å². The average molecular weight is 271 g/mol. The van der Waals surface area contributed by atoms with Crippen LogP contribution in [-0.4, -0.2) is 13.2 Å². The van der Waals surface area contributed by atoms with E-state index in [2.05, 4.69) is 19.3 Å². The molecule has 0 aliphatic carbocycles. The molecule has 0 saturated carbocycles. The molecule has 0 radical (unpaired) electrons. The Hall–Kier alpha value is -0.770. The number of halogens is 1. The van der Waals surface area contributed by atoms with Crippen LogP contribution in [0, 0.1) is 5.92 Å². The van der Waals surface area contributed by atoms with Gasteiger partial charge in [-0.3, -0.25) is 11.3 Å². The third-order valence-corrected chi connectivity index (χ3v) is 3.56. The summed E-state index contributed by atoms with van der Waals surface area (Å²) in [6, 6.07) is 5.92. The minimum absolute atomic E-state index is 0.234. The molecule has 3 N–H and O–H groups in total. The zero-order valence-electron chi connectivity index (χ0n) is 11.4. The molecule has 0 aliphatic rings. The molecule has 2 atom stereocenters. The van der Waals surface area contributed by atoms with Gasteiger partial charge < -0.3 is 4.74 Å². The third-order valence-electron chi connectivity index (χ3n) is 3.33. The van der Waals surface area contributed by atoms with Crippen molar-refractivity contribution in [2.75, 3.05) is 7.11 Å². The Labute approximate surface area is 115 Å². The summed E-state index contributed by atoms with van der Waals surface area (Å²) in [5.74, 6) is 7.04. The lowest BCUT2D eigenvalue weighted by Gasteiger charge is -2.23. The SMILES string of the molecule is CCCC(C)C(Cc1cc(Cl)ccc1OC)NN. The van der Waals surface area contributed by atoms with Gasteiger partial charge in [0.25, 0.3) is 0 Å². The molecule has 0 spiro atoms. The van der Waals surface area contributed by atoms with Crippen LogP contribution < -0.4 is 16.0 Å². The number of benzene rings is 1. The van der Waals surface area contributed by atoms with Crippen LogP contribution in [0.4, 0.5) is 0 Å². The normalized spacial score (nSPS) is 14.3. The molecule has 0 aliphatic heterocycles. The summed E-state index contributed by atoms with van der Waals surface area (Å²) in [6.07, 6.45) is 3.13. The van der Waals surface area contributed by atoms with Crippen LogP contribution in [0.25, 0.3) is 0 Å². The molecule has 1 aromatic rings. The van der Waals surface area contributed by atoms with Crippen molar-refractivity contribution in [3.8, 4) is 5.75 Å². The van der Waals surface area contributed by atoms with E-state index in [9.17, 15) is 0 Å². The van der Waals surface area contributed by atoms with E-state index in [-0.39, 0.29) is 6.04 Å². The van der Waals surface area contributed by atoms with E-state index in [0.29, 0.717) is 5.92 Å². The lowest BCUT2D eigenvalue weighted by Crippen LogP contribution is -2.41. The largest absolute Gasteiger partial charge is 0.496 e. The number of nitrogens with two attached hydrogens (primary N) is 1. The van der Waals surface area contributed by atoms with Gasteiger partial charge in [0.05, 0.1) is 7.11 Å². The Balaban J connectivity index is 2.83. The number of hydrogen-bond donors (Lipinski definition) is 2. The highest BCUT2D eigenvalue weighted by molar-refractivity contribution is 6.30. The summed E-state index contributed by atoms with van der Waals surface area (Å²) in [5, 5.41) is 0.727. The van der Waals surface area contributed by atoms with Crippen LogP contribution in [0.5, 0.6) is 5.75 Å². The Kier molecular flexibility index (Phi) is 6.47. The van der Waals surface area contributed by atoms with Crippen LogP contribution in [0.3, 0.4) is 0 Å². The van der Waals surface area contributed by atoms with Gasteiger partial charge >= 0.3 is 0 Å². The van der Waals surface area contributed by atoms with Gasteiger partial charge in [0, 0.05) is 11.1 Å². The van der Waals surface area contributed by atoms with Gasteiger partial charge in [-0.05, 0) is 42.5 Å². The first-order valence-electron chi connectivity index (χ1n) is 6.40. The summed E-state index contributed by atoms with van der Waals surface area (Å²) in [4.78, 5) is 0. The van der Waals surface area contributed by atoms with Crippen LogP contribution in [0.1, 0.15) is 32.3 Å². The van der Waals surface area contributed by atoms with Crippen LogP contribution in [0.2, 0.25) is 5.02 Å². The molecule has 0 bridgehead atoms. The van der Waals surface area contributed by atoms with Crippen molar-refractivity contribution in [3.63, 3.8) is 0 Å². The van der Waals surface area contributed by atoms with Gasteiger partial charge in [-0.15, -0.1) is 0 Å². The minimum Gasteiger partial charge on any atom is -0.496 e. The Morgan fingerprint density at radius 3 is 2.72 bits per heavy atom. The maximum absolute atomic E-state index is 6.03. The monoisotopic (exact) mass is 270 g/mol. The second-order valence-corrected chi connectivity index (χ2v) is 5.14. The molecular weight excluding hydrogens is 248 g/mol.